The molecule has 19 heavy (non-hydrogen) atoms. The van der Waals surface area contributed by atoms with Crippen LogP contribution in [0.5, 0.6) is 0 Å². The standard InChI is InChI=1S/C14H19N3O2/c15-11-3-1-2-10(8-11)4-7-13(18)16-9-14(19)17-12-5-6-12/h1-3,8,12H,4-7,9,15H2,(H,16,18)(H,17,19). The number of anilines is 1. The Morgan fingerprint density at radius 3 is 2.74 bits per heavy atom. The van der Waals surface area contributed by atoms with Gasteiger partial charge in [-0.15, -0.1) is 0 Å². The van der Waals surface area contributed by atoms with Gasteiger partial charge in [0.2, 0.25) is 11.8 Å². The quantitative estimate of drug-likeness (QED) is 0.655. The van der Waals surface area contributed by atoms with Crippen molar-refractivity contribution in [2.45, 2.75) is 31.7 Å². The highest BCUT2D eigenvalue weighted by molar-refractivity contribution is 5.85. The second-order valence-electron chi connectivity index (χ2n) is 4.86. The summed E-state index contributed by atoms with van der Waals surface area (Å²) in [5.74, 6) is -0.229. The van der Waals surface area contributed by atoms with E-state index in [9.17, 15) is 9.59 Å². The van der Waals surface area contributed by atoms with Crippen LogP contribution in [0.3, 0.4) is 0 Å². The Morgan fingerprint density at radius 2 is 2.05 bits per heavy atom. The average molecular weight is 261 g/mol. The molecule has 4 N–H and O–H groups in total. The number of hydrogen-bond donors (Lipinski definition) is 3. The summed E-state index contributed by atoms with van der Waals surface area (Å²) in [6, 6.07) is 7.80. The van der Waals surface area contributed by atoms with Crippen molar-refractivity contribution in [1.29, 1.82) is 0 Å². The highest BCUT2D eigenvalue weighted by Gasteiger charge is 2.23. The minimum absolute atomic E-state index is 0.0618. The lowest BCUT2D eigenvalue weighted by atomic mass is 10.1. The van der Waals surface area contributed by atoms with Crippen molar-refractivity contribution in [3.63, 3.8) is 0 Å². The summed E-state index contributed by atoms with van der Waals surface area (Å²) in [4.78, 5) is 23.0. The number of carbonyl (C=O) groups is 2. The van der Waals surface area contributed by atoms with Gasteiger partial charge in [-0.2, -0.15) is 0 Å². The van der Waals surface area contributed by atoms with Crippen molar-refractivity contribution >= 4 is 17.5 Å². The fourth-order valence-electron chi connectivity index (χ4n) is 1.78. The van der Waals surface area contributed by atoms with Crippen molar-refractivity contribution in [3.8, 4) is 0 Å². The molecular formula is C14H19N3O2. The van der Waals surface area contributed by atoms with E-state index in [4.69, 9.17) is 5.73 Å². The van der Waals surface area contributed by atoms with E-state index < -0.39 is 0 Å². The Labute approximate surface area is 112 Å². The van der Waals surface area contributed by atoms with Crippen molar-refractivity contribution in [2.75, 3.05) is 12.3 Å². The van der Waals surface area contributed by atoms with Crippen molar-refractivity contribution in [2.24, 2.45) is 0 Å². The number of amides is 2. The van der Waals surface area contributed by atoms with Crippen molar-refractivity contribution < 1.29 is 9.59 Å². The predicted molar refractivity (Wildman–Crippen MR) is 73.3 cm³/mol. The van der Waals surface area contributed by atoms with Gasteiger partial charge in [0.25, 0.3) is 0 Å². The third-order valence-corrected chi connectivity index (χ3v) is 2.98. The Kier molecular flexibility index (Phi) is 4.39. The Bertz CT molecular complexity index is 470. The molecule has 2 amide bonds. The second kappa shape index (κ2) is 6.22. The van der Waals surface area contributed by atoms with Crippen molar-refractivity contribution in [3.05, 3.63) is 29.8 Å². The van der Waals surface area contributed by atoms with Crippen molar-refractivity contribution in [1.82, 2.24) is 10.6 Å². The molecule has 0 aliphatic heterocycles. The molecule has 0 radical (unpaired) electrons. The molecule has 5 nitrogen and oxygen atoms in total. The highest BCUT2D eigenvalue weighted by atomic mass is 16.2. The fourth-order valence-corrected chi connectivity index (χ4v) is 1.78. The fraction of sp³-hybridized carbons (Fsp3) is 0.429. The lowest BCUT2D eigenvalue weighted by molar-refractivity contribution is -0.126. The van der Waals surface area contributed by atoms with Gasteiger partial charge in [0.15, 0.2) is 0 Å². The normalized spacial score (nSPS) is 13.9. The summed E-state index contributed by atoms with van der Waals surface area (Å²) >= 11 is 0. The molecule has 2 rings (SSSR count). The first-order valence-corrected chi connectivity index (χ1v) is 6.54. The SMILES string of the molecule is Nc1cccc(CCC(=O)NCC(=O)NC2CC2)c1. The molecule has 0 heterocycles. The van der Waals surface area contributed by atoms with E-state index in [1.54, 1.807) is 0 Å². The van der Waals surface area contributed by atoms with E-state index in [0.29, 0.717) is 24.6 Å². The number of hydrogen-bond acceptors (Lipinski definition) is 3. The maximum atomic E-state index is 11.6. The highest BCUT2D eigenvalue weighted by Crippen LogP contribution is 2.18. The number of carbonyl (C=O) groups excluding carboxylic acids is 2. The first kappa shape index (κ1) is 13.4. The summed E-state index contributed by atoms with van der Waals surface area (Å²) in [5, 5.41) is 5.44. The molecule has 0 saturated heterocycles. The summed E-state index contributed by atoms with van der Waals surface area (Å²) in [6.07, 6.45) is 3.09. The summed E-state index contributed by atoms with van der Waals surface area (Å²) in [5.41, 5.74) is 7.38. The third-order valence-electron chi connectivity index (χ3n) is 2.98. The molecule has 1 aromatic rings. The first-order valence-electron chi connectivity index (χ1n) is 6.54. The summed E-state index contributed by atoms with van der Waals surface area (Å²) in [6.45, 7) is 0.0618. The van der Waals surface area contributed by atoms with E-state index in [-0.39, 0.29) is 18.4 Å². The van der Waals surface area contributed by atoms with Gasteiger partial charge in [-0.25, -0.2) is 0 Å². The average Bonchev–Trinajstić information content (AvgIpc) is 3.18. The Balaban J connectivity index is 1.65. The van der Waals surface area contributed by atoms with Gasteiger partial charge in [-0.1, -0.05) is 12.1 Å². The van der Waals surface area contributed by atoms with Crippen LogP contribution in [0.15, 0.2) is 24.3 Å². The van der Waals surface area contributed by atoms with E-state index in [1.165, 1.54) is 0 Å². The lowest BCUT2D eigenvalue weighted by Gasteiger charge is -2.06. The van der Waals surface area contributed by atoms with Gasteiger partial charge in [-0.3, -0.25) is 9.59 Å². The van der Waals surface area contributed by atoms with Gasteiger partial charge < -0.3 is 16.4 Å². The van der Waals surface area contributed by atoms with Crippen LogP contribution in [0.2, 0.25) is 0 Å². The molecular weight excluding hydrogens is 242 g/mol. The molecule has 1 aliphatic carbocycles. The molecule has 0 bridgehead atoms. The second-order valence-corrected chi connectivity index (χ2v) is 4.86. The van der Waals surface area contributed by atoms with E-state index in [2.05, 4.69) is 10.6 Å². The van der Waals surface area contributed by atoms with Gasteiger partial charge in [0, 0.05) is 18.2 Å². The van der Waals surface area contributed by atoms with Gasteiger partial charge in [0.05, 0.1) is 6.54 Å². The number of nitrogen functional groups attached to an aromatic ring is 1. The van der Waals surface area contributed by atoms with Crippen LogP contribution in [-0.2, 0) is 16.0 Å². The Morgan fingerprint density at radius 1 is 1.26 bits per heavy atom. The largest absolute Gasteiger partial charge is 0.399 e. The molecule has 102 valence electrons. The predicted octanol–water partition coefficient (Wildman–Crippen LogP) is 0.596. The molecule has 1 aromatic carbocycles. The number of rotatable bonds is 6. The van der Waals surface area contributed by atoms with Gasteiger partial charge >= 0.3 is 0 Å². The molecule has 1 saturated carbocycles. The number of nitrogens with two attached hydrogens (primary N) is 1. The molecule has 1 fully saturated rings. The molecule has 1 aliphatic rings. The van der Waals surface area contributed by atoms with E-state index in [1.807, 2.05) is 24.3 Å². The zero-order chi connectivity index (χ0) is 13.7. The zero-order valence-electron chi connectivity index (χ0n) is 10.8. The third kappa shape index (κ3) is 4.99. The number of benzene rings is 1. The van der Waals surface area contributed by atoms with E-state index >= 15 is 0 Å². The smallest absolute Gasteiger partial charge is 0.239 e. The molecule has 0 atom stereocenters. The summed E-state index contributed by atoms with van der Waals surface area (Å²) in [7, 11) is 0. The topological polar surface area (TPSA) is 84.2 Å². The monoisotopic (exact) mass is 261 g/mol. The zero-order valence-corrected chi connectivity index (χ0v) is 10.8. The Hall–Kier alpha value is -2.04. The summed E-state index contributed by atoms with van der Waals surface area (Å²) < 4.78 is 0. The number of aryl methyl sites for hydroxylation is 1. The minimum Gasteiger partial charge on any atom is -0.399 e. The van der Waals surface area contributed by atoms with Crippen LogP contribution in [0.4, 0.5) is 5.69 Å². The number of nitrogens with one attached hydrogen (secondary N) is 2. The molecule has 0 unspecified atom stereocenters. The van der Waals surface area contributed by atoms with Gasteiger partial charge in [-0.05, 0) is 37.0 Å². The van der Waals surface area contributed by atoms with Crippen LogP contribution >= 0.6 is 0 Å². The maximum absolute atomic E-state index is 11.6. The lowest BCUT2D eigenvalue weighted by Crippen LogP contribution is -2.37. The maximum Gasteiger partial charge on any atom is 0.239 e. The molecule has 0 spiro atoms. The minimum atomic E-state index is -0.117. The van der Waals surface area contributed by atoms with E-state index in [0.717, 1.165) is 18.4 Å². The molecule has 5 heteroatoms. The van der Waals surface area contributed by atoms with Crippen LogP contribution in [0.1, 0.15) is 24.8 Å². The van der Waals surface area contributed by atoms with Crippen LogP contribution in [-0.4, -0.2) is 24.4 Å². The molecule has 0 aromatic heterocycles. The van der Waals surface area contributed by atoms with Crippen LogP contribution < -0.4 is 16.4 Å². The van der Waals surface area contributed by atoms with Crippen LogP contribution in [0, 0.1) is 0 Å². The van der Waals surface area contributed by atoms with Gasteiger partial charge in [0.1, 0.15) is 0 Å². The first-order chi connectivity index (χ1) is 9.13. The van der Waals surface area contributed by atoms with Crippen LogP contribution in [0.25, 0.3) is 0 Å².